The van der Waals surface area contributed by atoms with Gasteiger partial charge in [-0.3, -0.25) is 4.79 Å². The maximum absolute atomic E-state index is 10.8. The minimum absolute atomic E-state index is 0.0379. The third-order valence-corrected chi connectivity index (χ3v) is 2.63. The van der Waals surface area contributed by atoms with Crippen molar-refractivity contribution >= 4 is 36.6 Å². The van der Waals surface area contributed by atoms with Crippen molar-refractivity contribution in [1.29, 1.82) is 0 Å². The molecule has 0 atom stereocenters. The number of pyridine rings is 1. The van der Waals surface area contributed by atoms with E-state index in [2.05, 4.69) is 4.98 Å². The lowest BCUT2D eigenvalue weighted by Crippen LogP contribution is -1.97. The number of nitrogens with zero attached hydrogens (tertiary/aromatic N) is 1. The number of carbonyl (C=O) groups is 1. The van der Waals surface area contributed by atoms with Gasteiger partial charge in [0.25, 0.3) is 14.3 Å². The molecule has 13 heavy (non-hydrogen) atoms. The molecule has 1 aromatic heterocycles. The Morgan fingerprint density at radius 2 is 2.08 bits per heavy atom. The third-order valence-electron chi connectivity index (χ3n) is 1.21. The van der Waals surface area contributed by atoms with Crippen LogP contribution in [0.25, 0.3) is 0 Å². The molecule has 0 N–H and O–H groups in total. The molecule has 0 aliphatic rings. The number of halogens is 2. The molecule has 70 valence electrons. The van der Waals surface area contributed by atoms with E-state index < -0.39 is 14.3 Å². The van der Waals surface area contributed by atoms with Crippen molar-refractivity contribution in [3.8, 4) is 0 Å². The van der Waals surface area contributed by atoms with Crippen LogP contribution < -0.4 is 0 Å². The lowest BCUT2D eigenvalue weighted by atomic mass is 10.3. The Bertz CT molecular complexity index is 443. The molecule has 0 radical (unpaired) electrons. The summed E-state index contributed by atoms with van der Waals surface area (Å²) in [5.74, 6) is 0. The van der Waals surface area contributed by atoms with Gasteiger partial charge in [0, 0.05) is 22.4 Å². The SMILES string of the molecule is O=C(Cl)c1ccnc(S(=O)(=O)Cl)c1. The van der Waals surface area contributed by atoms with Crippen LogP contribution in [0, 0.1) is 0 Å². The second kappa shape index (κ2) is 3.61. The summed E-state index contributed by atoms with van der Waals surface area (Å²) in [7, 11) is 1.08. The van der Waals surface area contributed by atoms with Crippen LogP contribution >= 0.6 is 22.3 Å². The molecule has 0 spiro atoms. The molecule has 4 nitrogen and oxygen atoms in total. The van der Waals surface area contributed by atoms with Crippen LogP contribution in [0.4, 0.5) is 0 Å². The van der Waals surface area contributed by atoms with Crippen molar-refractivity contribution in [2.24, 2.45) is 0 Å². The number of hydrogen-bond donors (Lipinski definition) is 0. The van der Waals surface area contributed by atoms with Crippen LogP contribution in [0.2, 0.25) is 0 Å². The predicted octanol–water partition coefficient (Wildman–Crippen LogP) is 1.39. The van der Waals surface area contributed by atoms with Gasteiger partial charge in [-0.05, 0) is 23.7 Å². The first-order chi connectivity index (χ1) is 5.91. The average Bonchev–Trinajstić information content (AvgIpc) is 2.03. The summed E-state index contributed by atoms with van der Waals surface area (Å²) in [5, 5.41) is -1.15. The molecule has 1 rings (SSSR count). The molecule has 0 amide bonds. The van der Waals surface area contributed by atoms with Gasteiger partial charge in [0.1, 0.15) is 0 Å². The van der Waals surface area contributed by atoms with Crippen LogP contribution in [0.3, 0.4) is 0 Å². The van der Waals surface area contributed by atoms with Gasteiger partial charge in [0.15, 0.2) is 5.03 Å². The minimum atomic E-state index is -3.91. The summed E-state index contributed by atoms with van der Waals surface area (Å²) >= 11 is 5.12. The van der Waals surface area contributed by atoms with E-state index >= 15 is 0 Å². The molecular weight excluding hydrogens is 237 g/mol. The molecule has 0 bridgehead atoms. The van der Waals surface area contributed by atoms with E-state index in [9.17, 15) is 13.2 Å². The Kier molecular flexibility index (Phi) is 2.90. The summed E-state index contributed by atoms with van der Waals surface area (Å²) in [6.07, 6.45) is 1.14. The average molecular weight is 240 g/mol. The van der Waals surface area contributed by atoms with Gasteiger partial charge in [-0.15, -0.1) is 0 Å². The van der Waals surface area contributed by atoms with E-state index in [0.29, 0.717) is 0 Å². The van der Waals surface area contributed by atoms with E-state index in [4.69, 9.17) is 22.3 Å². The molecule has 0 saturated heterocycles. The molecule has 0 unspecified atom stereocenters. The Hall–Kier alpha value is -0.650. The van der Waals surface area contributed by atoms with Gasteiger partial charge in [-0.1, -0.05) is 0 Å². The van der Waals surface area contributed by atoms with E-state index in [-0.39, 0.29) is 10.6 Å². The van der Waals surface area contributed by atoms with Crippen LogP contribution in [0.1, 0.15) is 10.4 Å². The van der Waals surface area contributed by atoms with Gasteiger partial charge in [0.05, 0.1) is 0 Å². The number of carbonyl (C=O) groups excluding carboxylic acids is 1. The van der Waals surface area contributed by atoms with Crippen molar-refractivity contribution in [3.63, 3.8) is 0 Å². The van der Waals surface area contributed by atoms with Crippen LogP contribution in [-0.2, 0) is 9.05 Å². The van der Waals surface area contributed by atoms with E-state index in [1.165, 1.54) is 6.07 Å². The fourth-order valence-corrected chi connectivity index (χ4v) is 1.49. The van der Waals surface area contributed by atoms with Crippen molar-refractivity contribution in [2.45, 2.75) is 5.03 Å². The first-order valence-electron chi connectivity index (χ1n) is 3.02. The van der Waals surface area contributed by atoms with E-state index in [1.807, 2.05) is 0 Å². The zero-order valence-corrected chi connectivity index (χ0v) is 8.40. The Labute approximate surface area is 83.9 Å². The largest absolute Gasteiger partial charge is 0.278 e. The summed E-state index contributed by atoms with van der Waals surface area (Å²) in [4.78, 5) is 14.1. The highest BCUT2D eigenvalue weighted by Gasteiger charge is 2.13. The maximum Gasteiger partial charge on any atom is 0.278 e. The van der Waals surface area contributed by atoms with E-state index in [0.717, 1.165) is 12.3 Å². The van der Waals surface area contributed by atoms with Gasteiger partial charge < -0.3 is 0 Å². The first-order valence-corrected chi connectivity index (χ1v) is 5.70. The van der Waals surface area contributed by atoms with Crippen molar-refractivity contribution in [3.05, 3.63) is 23.9 Å². The second-order valence-corrected chi connectivity index (χ2v) is 4.95. The van der Waals surface area contributed by atoms with Crippen molar-refractivity contribution < 1.29 is 13.2 Å². The molecular formula is C6H3Cl2NO3S. The number of rotatable bonds is 2. The van der Waals surface area contributed by atoms with Crippen LogP contribution in [-0.4, -0.2) is 18.6 Å². The number of hydrogen-bond acceptors (Lipinski definition) is 4. The van der Waals surface area contributed by atoms with E-state index in [1.54, 1.807) is 0 Å². The summed E-state index contributed by atoms with van der Waals surface area (Å²) < 4.78 is 21.5. The highest BCUT2D eigenvalue weighted by Crippen LogP contribution is 2.14. The quantitative estimate of drug-likeness (QED) is 0.732. The Morgan fingerprint density at radius 3 is 2.54 bits per heavy atom. The van der Waals surface area contributed by atoms with Crippen LogP contribution in [0.5, 0.6) is 0 Å². The third kappa shape index (κ3) is 2.65. The standard InChI is InChI=1S/C6H3Cl2NO3S/c7-6(10)4-1-2-9-5(3-4)13(8,11)12/h1-3H. The summed E-state index contributed by atoms with van der Waals surface area (Å²) in [6.45, 7) is 0. The molecule has 0 aliphatic heterocycles. The normalized spacial score (nSPS) is 11.2. The lowest BCUT2D eigenvalue weighted by molar-refractivity contribution is 0.108. The van der Waals surface area contributed by atoms with Gasteiger partial charge in [0.2, 0.25) is 0 Å². The topological polar surface area (TPSA) is 64.1 Å². The van der Waals surface area contributed by atoms with Gasteiger partial charge in [-0.25, -0.2) is 13.4 Å². The molecule has 1 heterocycles. The molecule has 1 aromatic rings. The minimum Gasteiger partial charge on any atom is -0.276 e. The van der Waals surface area contributed by atoms with Crippen molar-refractivity contribution in [1.82, 2.24) is 4.98 Å². The fraction of sp³-hybridized carbons (Fsp3) is 0. The lowest BCUT2D eigenvalue weighted by Gasteiger charge is -1.96. The highest BCUT2D eigenvalue weighted by molar-refractivity contribution is 8.13. The molecule has 0 aromatic carbocycles. The zero-order chi connectivity index (χ0) is 10.1. The highest BCUT2D eigenvalue weighted by atomic mass is 35.7. The molecule has 0 saturated carbocycles. The molecule has 0 aliphatic carbocycles. The van der Waals surface area contributed by atoms with Gasteiger partial charge >= 0.3 is 0 Å². The van der Waals surface area contributed by atoms with Crippen molar-refractivity contribution in [2.75, 3.05) is 0 Å². The second-order valence-electron chi connectivity index (χ2n) is 2.09. The smallest absolute Gasteiger partial charge is 0.276 e. The van der Waals surface area contributed by atoms with Crippen LogP contribution in [0.15, 0.2) is 23.4 Å². The Balaban J connectivity index is 3.29. The molecule has 0 fully saturated rings. The molecule has 7 heteroatoms. The first kappa shape index (κ1) is 10.4. The summed E-state index contributed by atoms with van der Waals surface area (Å²) in [5.41, 5.74) is 0.0379. The Morgan fingerprint density at radius 1 is 1.46 bits per heavy atom. The fourth-order valence-electron chi connectivity index (χ4n) is 0.665. The maximum atomic E-state index is 10.8. The zero-order valence-electron chi connectivity index (χ0n) is 6.07. The summed E-state index contributed by atoms with van der Waals surface area (Å²) in [6, 6.07) is 2.30. The monoisotopic (exact) mass is 239 g/mol. The predicted molar refractivity (Wildman–Crippen MR) is 47.5 cm³/mol. The van der Waals surface area contributed by atoms with Gasteiger partial charge in [-0.2, -0.15) is 0 Å². The number of aromatic nitrogens is 1.